The molecule has 0 radical (unpaired) electrons. The summed E-state index contributed by atoms with van der Waals surface area (Å²) < 4.78 is 42.9. The molecule has 2 N–H and O–H groups in total. The Morgan fingerprint density at radius 1 is 1.22 bits per heavy atom. The second-order valence-electron chi connectivity index (χ2n) is 4.53. The molecule has 1 aromatic rings. The van der Waals surface area contributed by atoms with Gasteiger partial charge in [-0.15, -0.1) is 0 Å². The lowest BCUT2D eigenvalue weighted by molar-refractivity contribution is -0.141. The van der Waals surface area contributed by atoms with Crippen molar-refractivity contribution < 1.29 is 17.9 Å². The van der Waals surface area contributed by atoms with Gasteiger partial charge in [0.1, 0.15) is 11.4 Å². The lowest BCUT2D eigenvalue weighted by Crippen LogP contribution is -2.31. The SMILES string of the molecule is NC1CCC(Oc2ccnc(C(F)(F)F)c2)CC1. The molecule has 0 bridgehead atoms. The molecule has 0 spiro atoms. The average molecular weight is 260 g/mol. The van der Waals surface area contributed by atoms with Gasteiger partial charge in [-0.3, -0.25) is 4.98 Å². The largest absolute Gasteiger partial charge is 0.490 e. The number of rotatable bonds is 2. The van der Waals surface area contributed by atoms with Crippen LogP contribution in [-0.4, -0.2) is 17.1 Å². The molecule has 0 aromatic carbocycles. The third-order valence-corrected chi connectivity index (χ3v) is 3.04. The maximum absolute atomic E-state index is 12.5. The predicted molar refractivity (Wildman–Crippen MR) is 60.1 cm³/mol. The molecule has 6 heteroatoms. The highest BCUT2D eigenvalue weighted by Crippen LogP contribution is 2.30. The summed E-state index contributed by atoms with van der Waals surface area (Å²) in [6.45, 7) is 0. The third-order valence-electron chi connectivity index (χ3n) is 3.04. The number of nitrogens with two attached hydrogens (primary N) is 1. The molecular formula is C12H15F3N2O. The van der Waals surface area contributed by atoms with Crippen molar-refractivity contribution in [2.45, 2.75) is 44.0 Å². The molecular weight excluding hydrogens is 245 g/mol. The van der Waals surface area contributed by atoms with E-state index in [2.05, 4.69) is 4.98 Å². The first kappa shape index (κ1) is 13.1. The maximum atomic E-state index is 12.5. The predicted octanol–water partition coefficient (Wildman–Crippen LogP) is 2.75. The van der Waals surface area contributed by atoms with Gasteiger partial charge in [0.05, 0.1) is 6.10 Å². The van der Waals surface area contributed by atoms with Crippen molar-refractivity contribution >= 4 is 0 Å². The van der Waals surface area contributed by atoms with E-state index in [1.54, 1.807) is 0 Å². The number of ether oxygens (including phenoxy) is 1. The quantitative estimate of drug-likeness (QED) is 0.889. The Morgan fingerprint density at radius 3 is 2.50 bits per heavy atom. The molecule has 1 aliphatic carbocycles. The van der Waals surface area contributed by atoms with E-state index in [0.29, 0.717) is 0 Å². The molecule has 0 unspecified atom stereocenters. The van der Waals surface area contributed by atoms with Gasteiger partial charge in [-0.1, -0.05) is 0 Å². The smallest absolute Gasteiger partial charge is 0.433 e. The van der Waals surface area contributed by atoms with Crippen LogP contribution in [0.1, 0.15) is 31.4 Å². The van der Waals surface area contributed by atoms with Crippen LogP contribution in [0.3, 0.4) is 0 Å². The number of hydrogen-bond donors (Lipinski definition) is 1. The Balaban J connectivity index is 2.01. The van der Waals surface area contributed by atoms with E-state index >= 15 is 0 Å². The van der Waals surface area contributed by atoms with Crippen molar-refractivity contribution in [3.63, 3.8) is 0 Å². The maximum Gasteiger partial charge on any atom is 0.433 e. The molecule has 0 aliphatic heterocycles. The molecule has 1 saturated carbocycles. The molecule has 1 heterocycles. The lowest BCUT2D eigenvalue weighted by atomic mass is 9.94. The van der Waals surface area contributed by atoms with Crippen molar-refractivity contribution in [1.82, 2.24) is 4.98 Å². The van der Waals surface area contributed by atoms with Gasteiger partial charge in [0.25, 0.3) is 0 Å². The Hall–Kier alpha value is -1.30. The minimum Gasteiger partial charge on any atom is -0.490 e. The topological polar surface area (TPSA) is 48.1 Å². The summed E-state index contributed by atoms with van der Waals surface area (Å²) >= 11 is 0. The first-order valence-corrected chi connectivity index (χ1v) is 5.90. The standard InChI is InChI=1S/C12H15F3N2O/c13-12(14,15)11-7-10(5-6-17-11)18-9-3-1-8(16)2-4-9/h5-9H,1-4,16H2. The number of pyridine rings is 1. The summed E-state index contributed by atoms with van der Waals surface area (Å²) in [6, 6.07) is 2.58. The Kier molecular flexibility index (Phi) is 3.75. The van der Waals surface area contributed by atoms with Crippen LogP contribution in [0, 0.1) is 0 Å². The highest BCUT2D eigenvalue weighted by Gasteiger charge is 2.33. The number of halogens is 3. The van der Waals surface area contributed by atoms with Gasteiger partial charge in [-0.05, 0) is 31.7 Å². The number of aromatic nitrogens is 1. The number of nitrogens with zero attached hydrogens (tertiary/aromatic N) is 1. The van der Waals surface area contributed by atoms with Crippen molar-refractivity contribution in [2.24, 2.45) is 5.73 Å². The summed E-state index contributed by atoms with van der Waals surface area (Å²) in [4.78, 5) is 3.29. The van der Waals surface area contributed by atoms with Crippen molar-refractivity contribution in [3.05, 3.63) is 24.0 Å². The fourth-order valence-corrected chi connectivity index (χ4v) is 2.04. The first-order chi connectivity index (χ1) is 8.45. The molecule has 1 aromatic heterocycles. The fraction of sp³-hybridized carbons (Fsp3) is 0.583. The van der Waals surface area contributed by atoms with E-state index in [-0.39, 0.29) is 17.9 Å². The van der Waals surface area contributed by atoms with Crippen LogP contribution in [-0.2, 0) is 6.18 Å². The van der Waals surface area contributed by atoms with Crippen LogP contribution in [0.2, 0.25) is 0 Å². The monoisotopic (exact) mass is 260 g/mol. The molecule has 1 aliphatic rings. The van der Waals surface area contributed by atoms with Crippen molar-refractivity contribution in [2.75, 3.05) is 0 Å². The van der Waals surface area contributed by atoms with Crippen LogP contribution in [0.25, 0.3) is 0 Å². The van der Waals surface area contributed by atoms with E-state index in [1.165, 1.54) is 6.07 Å². The second kappa shape index (κ2) is 5.14. The number of hydrogen-bond acceptors (Lipinski definition) is 3. The van der Waals surface area contributed by atoms with E-state index in [1.807, 2.05) is 0 Å². The summed E-state index contributed by atoms with van der Waals surface area (Å²) in [7, 11) is 0. The lowest BCUT2D eigenvalue weighted by Gasteiger charge is -2.26. The van der Waals surface area contributed by atoms with E-state index in [0.717, 1.165) is 37.9 Å². The molecule has 0 saturated heterocycles. The third kappa shape index (κ3) is 3.35. The molecule has 100 valence electrons. The normalized spacial score (nSPS) is 24.9. The van der Waals surface area contributed by atoms with Gasteiger partial charge in [0.2, 0.25) is 0 Å². The summed E-state index contributed by atoms with van der Waals surface area (Å²) in [5, 5.41) is 0. The summed E-state index contributed by atoms with van der Waals surface area (Å²) in [5.41, 5.74) is 4.83. The minimum atomic E-state index is -4.44. The van der Waals surface area contributed by atoms with Crippen LogP contribution in [0.15, 0.2) is 18.3 Å². The van der Waals surface area contributed by atoms with Crippen molar-refractivity contribution in [1.29, 1.82) is 0 Å². The molecule has 1 fully saturated rings. The molecule has 0 atom stereocenters. The highest BCUT2D eigenvalue weighted by molar-refractivity contribution is 5.24. The van der Waals surface area contributed by atoms with Crippen LogP contribution in [0.4, 0.5) is 13.2 Å². The molecule has 18 heavy (non-hydrogen) atoms. The zero-order chi connectivity index (χ0) is 13.2. The van der Waals surface area contributed by atoms with Gasteiger partial charge in [-0.2, -0.15) is 13.2 Å². The molecule has 0 amide bonds. The van der Waals surface area contributed by atoms with Gasteiger partial charge in [0, 0.05) is 18.3 Å². The minimum absolute atomic E-state index is 0.0479. The van der Waals surface area contributed by atoms with Crippen molar-refractivity contribution in [3.8, 4) is 5.75 Å². The summed E-state index contributed by atoms with van der Waals surface area (Å²) in [5.74, 6) is 0.220. The van der Waals surface area contributed by atoms with Crippen LogP contribution >= 0.6 is 0 Å². The van der Waals surface area contributed by atoms with Gasteiger partial charge in [-0.25, -0.2) is 0 Å². The van der Waals surface area contributed by atoms with E-state index < -0.39 is 11.9 Å². The Bertz CT molecular complexity index is 401. The van der Waals surface area contributed by atoms with Crippen LogP contribution < -0.4 is 10.5 Å². The van der Waals surface area contributed by atoms with E-state index in [4.69, 9.17) is 10.5 Å². The van der Waals surface area contributed by atoms with Gasteiger partial charge in [0.15, 0.2) is 0 Å². The highest BCUT2D eigenvalue weighted by atomic mass is 19.4. The van der Waals surface area contributed by atoms with E-state index in [9.17, 15) is 13.2 Å². The number of alkyl halides is 3. The zero-order valence-corrected chi connectivity index (χ0v) is 9.78. The zero-order valence-electron chi connectivity index (χ0n) is 9.78. The Labute approximate surface area is 103 Å². The molecule has 3 nitrogen and oxygen atoms in total. The molecule has 2 rings (SSSR count). The van der Waals surface area contributed by atoms with Crippen LogP contribution in [0.5, 0.6) is 5.75 Å². The Morgan fingerprint density at radius 2 is 1.89 bits per heavy atom. The summed E-state index contributed by atoms with van der Waals surface area (Å²) in [6.07, 6.45) is -0.103. The first-order valence-electron chi connectivity index (χ1n) is 5.90. The second-order valence-corrected chi connectivity index (χ2v) is 4.53. The average Bonchev–Trinajstić information content (AvgIpc) is 2.31. The fourth-order valence-electron chi connectivity index (χ4n) is 2.04. The van der Waals surface area contributed by atoms with Gasteiger partial charge >= 0.3 is 6.18 Å². The van der Waals surface area contributed by atoms with Gasteiger partial charge < -0.3 is 10.5 Å².